The van der Waals surface area contributed by atoms with E-state index < -0.39 is 0 Å². The predicted octanol–water partition coefficient (Wildman–Crippen LogP) is 3.86. The molecule has 21 heavy (non-hydrogen) atoms. The molecular formula is C17H18N2OS. The van der Waals surface area contributed by atoms with Crippen LogP contribution in [0.2, 0.25) is 0 Å². The minimum Gasteiger partial charge on any atom is -0.496 e. The van der Waals surface area contributed by atoms with Gasteiger partial charge in [0.05, 0.1) is 22.3 Å². The molecule has 2 N–H and O–H groups in total. The highest BCUT2D eigenvalue weighted by molar-refractivity contribution is 7.18. The molecule has 1 heterocycles. The Hall–Kier alpha value is -1.91. The first kappa shape index (κ1) is 14.0. The van der Waals surface area contributed by atoms with Gasteiger partial charge in [-0.15, -0.1) is 11.3 Å². The predicted molar refractivity (Wildman–Crippen MR) is 88.0 cm³/mol. The molecule has 108 valence electrons. The van der Waals surface area contributed by atoms with E-state index in [1.807, 2.05) is 37.3 Å². The van der Waals surface area contributed by atoms with Gasteiger partial charge >= 0.3 is 0 Å². The van der Waals surface area contributed by atoms with Crippen molar-refractivity contribution in [3.8, 4) is 5.75 Å². The molecule has 0 aliphatic carbocycles. The number of hydrogen-bond donors (Lipinski definition) is 1. The summed E-state index contributed by atoms with van der Waals surface area (Å²) in [5.41, 5.74) is 9.61. The lowest BCUT2D eigenvalue weighted by atomic mass is 10.0. The molecule has 2 aromatic carbocycles. The van der Waals surface area contributed by atoms with Crippen molar-refractivity contribution in [2.75, 3.05) is 7.11 Å². The highest BCUT2D eigenvalue weighted by Crippen LogP contribution is 2.27. The summed E-state index contributed by atoms with van der Waals surface area (Å²) in [6.45, 7) is 2.03. The van der Waals surface area contributed by atoms with Gasteiger partial charge in [-0.1, -0.05) is 24.3 Å². The van der Waals surface area contributed by atoms with Crippen LogP contribution in [0, 0.1) is 6.92 Å². The van der Waals surface area contributed by atoms with E-state index in [-0.39, 0.29) is 6.04 Å². The van der Waals surface area contributed by atoms with Crippen molar-refractivity contribution in [1.82, 2.24) is 4.98 Å². The quantitative estimate of drug-likeness (QED) is 0.795. The standard InChI is InChI=1S/C17H18N2OS/c1-11-9-12(7-8-15(11)20-2)13(18)10-17-19-14-5-3-4-6-16(14)21-17/h3-9,13H,10,18H2,1-2H3. The van der Waals surface area contributed by atoms with Gasteiger partial charge < -0.3 is 10.5 Å². The van der Waals surface area contributed by atoms with Crippen LogP contribution in [0.3, 0.4) is 0 Å². The van der Waals surface area contributed by atoms with E-state index in [1.165, 1.54) is 4.70 Å². The number of rotatable bonds is 4. The topological polar surface area (TPSA) is 48.1 Å². The van der Waals surface area contributed by atoms with Crippen LogP contribution in [-0.2, 0) is 6.42 Å². The molecule has 0 aliphatic rings. The Balaban J connectivity index is 1.82. The first-order valence-electron chi connectivity index (χ1n) is 6.92. The number of thiazole rings is 1. The van der Waals surface area contributed by atoms with Crippen LogP contribution in [0.25, 0.3) is 10.2 Å². The normalized spacial score (nSPS) is 12.5. The maximum atomic E-state index is 6.34. The minimum absolute atomic E-state index is 0.0461. The summed E-state index contributed by atoms with van der Waals surface area (Å²) in [7, 11) is 1.68. The summed E-state index contributed by atoms with van der Waals surface area (Å²) >= 11 is 1.72. The summed E-state index contributed by atoms with van der Waals surface area (Å²) in [5, 5.41) is 1.08. The zero-order chi connectivity index (χ0) is 14.8. The van der Waals surface area contributed by atoms with Crippen molar-refractivity contribution >= 4 is 21.6 Å². The molecule has 1 unspecified atom stereocenters. The number of methoxy groups -OCH3 is 1. The molecule has 3 rings (SSSR count). The van der Waals surface area contributed by atoms with Gasteiger partial charge in [-0.3, -0.25) is 0 Å². The zero-order valence-corrected chi connectivity index (χ0v) is 13.0. The van der Waals surface area contributed by atoms with Crippen LogP contribution >= 0.6 is 11.3 Å². The Labute approximate surface area is 128 Å². The SMILES string of the molecule is COc1ccc(C(N)Cc2nc3ccccc3s2)cc1C. The van der Waals surface area contributed by atoms with Gasteiger partial charge in [0.15, 0.2) is 0 Å². The number of ether oxygens (including phenoxy) is 1. The van der Waals surface area contributed by atoms with Crippen LogP contribution in [0.1, 0.15) is 22.2 Å². The fraction of sp³-hybridized carbons (Fsp3) is 0.235. The van der Waals surface area contributed by atoms with Crippen molar-refractivity contribution in [1.29, 1.82) is 0 Å². The molecule has 1 atom stereocenters. The molecule has 0 aliphatic heterocycles. The largest absolute Gasteiger partial charge is 0.496 e. The Morgan fingerprint density at radius 1 is 1.24 bits per heavy atom. The van der Waals surface area contributed by atoms with E-state index in [4.69, 9.17) is 10.5 Å². The Bertz CT molecular complexity index is 733. The molecule has 0 bridgehead atoms. The van der Waals surface area contributed by atoms with Crippen LogP contribution in [0.15, 0.2) is 42.5 Å². The smallest absolute Gasteiger partial charge is 0.121 e. The molecule has 0 spiro atoms. The molecule has 1 aromatic heterocycles. The third-order valence-corrected chi connectivity index (χ3v) is 4.64. The number of fused-ring (bicyclic) bond motifs is 1. The van der Waals surface area contributed by atoms with Gasteiger partial charge in [0.2, 0.25) is 0 Å². The molecule has 3 nitrogen and oxygen atoms in total. The first-order valence-corrected chi connectivity index (χ1v) is 7.73. The van der Waals surface area contributed by atoms with Crippen molar-refractivity contribution in [3.63, 3.8) is 0 Å². The number of benzene rings is 2. The average molecular weight is 298 g/mol. The fourth-order valence-electron chi connectivity index (χ4n) is 2.45. The number of hydrogen-bond acceptors (Lipinski definition) is 4. The van der Waals surface area contributed by atoms with Gasteiger partial charge in [0, 0.05) is 12.5 Å². The molecule has 4 heteroatoms. The van der Waals surface area contributed by atoms with Crippen molar-refractivity contribution < 1.29 is 4.74 Å². The van der Waals surface area contributed by atoms with Crippen LogP contribution in [-0.4, -0.2) is 12.1 Å². The zero-order valence-electron chi connectivity index (χ0n) is 12.2. The Morgan fingerprint density at radius 2 is 2.05 bits per heavy atom. The van der Waals surface area contributed by atoms with E-state index in [0.29, 0.717) is 0 Å². The second-order valence-electron chi connectivity index (χ2n) is 5.12. The third kappa shape index (κ3) is 2.91. The van der Waals surface area contributed by atoms with Crippen molar-refractivity contribution in [3.05, 3.63) is 58.6 Å². The van der Waals surface area contributed by atoms with Crippen LogP contribution in [0.5, 0.6) is 5.75 Å². The van der Waals surface area contributed by atoms with E-state index >= 15 is 0 Å². The highest BCUT2D eigenvalue weighted by atomic mass is 32.1. The van der Waals surface area contributed by atoms with Gasteiger partial charge in [0.1, 0.15) is 5.75 Å². The lowest BCUT2D eigenvalue weighted by Gasteiger charge is -2.13. The Kier molecular flexibility index (Phi) is 3.90. The first-order chi connectivity index (χ1) is 10.2. The van der Waals surface area contributed by atoms with Crippen LogP contribution < -0.4 is 10.5 Å². The highest BCUT2D eigenvalue weighted by Gasteiger charge is 2.12. The molecule has 0 fully saturated rings. The van der Waals surface area contributed by atoms with E-state index in [1.54, 1.807) is 18.4 Å². The second kappa shape index (κ2) is 5.84. The van der Waals surface area contributed by atoms with E-state index in [9.17, 15) is 0 Å². The molecule has 0 saturated heterocycles. The number of aryl methyl sites for hydroxylation is 1. The van der Waals surface area contributed by atoms with Gasteiger partial charge in [-0.25, -0.2) is 4.98 Å². The Morgan fingerprint density at radius 3 is 2.76 bits per heavy atom. The molecule has 0 saturated carbocycles. The van der Waals surface area contributed by atoms with Gasteiger partial charge in [-0.2, -0.15) is 0 Å². The average Bonchev–Trinajstić information content (AvgIpc) is 2.89. The maximum absolute atomic E-state index is 6.34. The molecule has 0 amide bonds. The summed E-state index contributed by atoms with van der Waals surface area (Å²) in [6, 6.07) is 14.2. The summed E-state index contributed by atoms with van der Waals surface area (Å²) in [6.07, 6.45) is 0.755. The van der Waals surface area contributed by atoms with Gasteiger partial charge in [0.25, 0.3) is 0 Å². The van der Waals surface area contributed by atoms with Crippen molar-refractivity contribution in [2.24, 2.45) is 5.73 Å². The monoisotopic (exact) mass is 298 g/mol. The third-order valence-electron chi connectivity index (χ3n) is 3.58. The number of para-hydroxylation sites is 1. The lowest BCUT2D eigenvalue weighted by Crippen LogP contribution is -2.13. The van der Waals surface area contributed by atoms with Crippen LogP contribution in [0.4, 0.5) is 0 Å². The summed E-state index contributed by atoms with van der Waals surface area (Å²) in [4.78, 5) is 4.65. The number of aromatic nitrogens is 1. The van der Waals surface area contributed by atoms with E-state index in [2.05, 4.69) is 17.1 Å². The summed E-state index contributed by atoms with van der Waals surface area (Å²) in [5.74, 6) is 0.894. The minimum atomic E-state index is -0.0461. The molecular weight excluding hydrogens is 280 g/mol. The number of nitrogens with two attached hydrogens (primary N) is 1. The molecule has 0 radical (unpaired) electrons. The van der Waals surface area contributed by atoms with Gasteiger partial charge in [-0.05, 0) is 36.2 Å². The summed E-state index contributed by atoms with van der Waals surface area (Å²) < 4.78 is 6.50. The fourth-order valence-corrected chi connectivity index (χ4v) is 3.47. The lowest BCUT2D eigenvalue weighted by molar-refractivity contribution is 0.411. The maximum Gasteiger partial charge on any atom is 0.121 e. The van der Waals surface area contributed by atoms with Crippen molar-refractivity contribution in [2.45, 2.75) is 19.4 Å². The number of nitrogens with zero attached hydrogens (tertiary/aromatic N) is 1. The molecule has 3 aromatic rings. The van der Waals surface area contributed by atoms with E-state index in [0.717, 1.165) is 33.8 Å². The second-order valence-corrected chi connectivity index (χ2v) is 6.23.